The molecule has 0 spiro atoms. The fourth-order valence-corrected chi connectivity index (χ4v) is 2.70. The minimum atomic E-state index is -0.529. The molecule has 1 aromatic carbocycles. The Morgan fingerprint density at radius 1 is 1.10 bits per heavy atom. The summed E-state index contributed by atoms with van der Waals surface area (Å²) in [6, 6.07) is 5.85. The summed E-state index contributed by atoms with van der Waals surface area (Å²) >= 11 is 0.995. The number of hydrogen-bond acceptors (Lipinski definition) is 4. The van der Waals surface area contributed by atoms with Crippen molar-refractivity contribution in [3.8, 4) is 5.75 Å². The number of nitrogens with one attached hydrogen (secondary N) is 2. The molecule has 2 rings (SSSR count). The number of rotatable bonds is 4. The molecule has 0 amide bonds. The predicted molar refractivity (Wildman–Crippen MR) is 79.5 cm³/mol. The Morgan fingerprint density at radius 3 is 2.35 bits per heavy atom. The molecule has 0 fully saturated rings. The average Bonchev–Trinajstić information content (AvgIpc) is 2.34. The van der Waals surface area contributed by atoms with E-state index in [1.54, 1.807) is 0 Å². The minimum absolute atomic E-state index is 0.372. The molecule has 0 atom stereocenters. The molecule has 1 heterocycles. The minimum Gasteiger partial charge on any atom is -0.419 e. The van der Waals surface area contributed by atoms with Crippen molar-refractivity contribution in [1.29, 1.82) is 0 Å². The zero-order chi connectivity index (χ0) is 14.7. The Labute approximate surface area is 120 Å². The summed E-state index contributed by atoms with van der Waals surface area (Å²) in [4.78, 5) is 27.8. The molecule has 106 valence electrons. The van der Waals surface area contributed by atoms with E-state index < -0.39 is 5.69 Å². The molecule has 2 aromatic rings. The topological polar surface area (TPSA) is 75.0 Å². The van der Waals surface area contributed by atoms with Crippen LogP contribution in [0.4, 0.5) is 0 Å². The van der Waals surface area contributed by atoms with Gasteiger partial charge >= 0.3 is 5.69 Å². The highest BCUT2D eigenvalue weighted by molar-refractivity contribution is 7.95. The number of H-pyrrole nitrogens is 2. The van der Waals surface area contributed by atoms with Gasteiger partial charge in [0.05, 0.1) is 5.56 Å². The highest BCUT2D eigenvalue weighted by Gasteiger charge is 2.10. The molecule has 1 aromatic heterocycles. The molecule has 0 aliphatic carbocycles. The number of benzene rings is 1. The van der Waals surface area contributed by atoms with Gasteiger partial charge in [-0.3, -0.25) is 14.8 Å². The van der Waals surface area contributed by atoms with Crippen molar-refractivity contribution in [3.63, 3.8) is 0 Å². The number of aromatic nitrogens is 2. The van der Waals surface area contributed by atoms with Gasteiger partial charge in [0.1, 0.15) is 22.8 Å². The first-order valence-electron chi connectivity index (χ1n) is 6.28. The van der Waals surface area contributed by atoms with E-state index in [2.05, 4.69) is 9.97 Å². The van der Waals surface area contributed by atoms with Gasteiger partial charge < -0.3 is 4.18 Å². The van der Waals surface area contributed by atoms with E-state index in [4.69, 9.17) is 4.18 Å². The second-order valence-corrected chi connectivity index (χ2v) is 5.30. The van der Waals surface area contributed by atoms with Crippen molar-refractivity contribution in [2.24, 2.45) is 0 Å². The van der Waals surface area contributed by atoms with Crippen LogP contribution in [0.15, 0.2) is 32.8 Å². The third-order valence-electron chi connectivity index (χ3n) is 2.77. The summed E-state index contributed by atoms with van der Waals surface area (Å²) in [6.07, 6.45) is 0.519. The maximum Gasteiger partial charge on any atom is 0.326 e. The number of aromatic amines is 2. The Morgan fingerprint density at radius 2 is 1.75 bits per heavy atom. The van der Waals surface area contributed by atoms with Gasteiger partial charge in [-0.05, 0) is 43.5 Å². The summed E-state index contributed by atoms with van der Waals surface area (Å²) in [5.74, 6) is 0.690. The van der Waals surface area contributed by atoms with Crippen LogP contribution in [0.1, 0.15) is 23.6 Å². The van der Waals surface area contributed by atoms with Crippen molar-refractivity contribution < 1.29 is 4.18 Å². The molecular weight excluding hydrogens is 276 g/mol. The quantitative estimate of drug-likeness (QED) is 0.670. The van der Waals surface area contributed by atoms with Gasteiger partial charge in [-0.1, -0.05) is 13.0 Å². The summed E-state index contributed by atoms with van der Waals surface area (Å²) < 4.78 is 5.60. The second kappa shape index (κ2) is 6.00. The largest absolute Gasteiger partial charge is 0.419 e. The summed E-state index contributed by atoms with van der Waals surface area (Å²) in [5, 5.41) is 0.445. The van der Waals surface area contributed by atoms with Crippen LogP contribution in [0.3, 0.4) is 0 Å². The molecule has 0 saturated heterocycles. The lowest BCUT2D eigenvalue weighted by Crippen LogP contribution is -2.26. The Balaban J connectivity index is 2.27. The van der Waals surface area contributed by atoms with Crippen molar-refractivity contribution in [2.45, 2.75) is 32.2 Å². The summed E-state index contributed by atoms with van der Waals surface area (Å²) in [5.41, 5.74) is 1.80. The van der Waals surface area contributed by atoms with Gasteiger partial charge in [0.15, 0.2) is 0 Å². The SMILES string of the molecule is CCc1c(SOc2cc(C)cc(C)c2)[nH]c(=O)[nH]c1=O. The van der Waals surface area contributed by atoms with E-state index in [0.717, 1.165) is 23.2 Å². The summed E-state index contributed by atoms with van der Waals surface area (Å²) in [6.45, 7) is 5.82. The maximum atomic E-state index is 11.7. The highest BCUT2D eigenvalue weighted by Crippen LogP contribution is 2.24. The van der Waals surface area contributed by atoms with E-state index >= 15 is 0 Å². The van der Waals surface area contributed by atoms with Gasteiger partial charge in [0.25, 0.3) is 5.56 Å². The van der Waals surface area contributed by atoms with Crippen molar-refractivity contribution >= 4 is 12.0 Å². The van der Waals surface area contributed by atoms with Crippen LogP contribution in [0.5, 0.6) is 5.75 Å². The molecule has 0 bridgehead atoms. The van der Waals surface area contributed by atoms with Crippen molar-refractivity contribution in [1.82, 2.24) is 9.97 Å². The van der Waals surface area contributed by atoms with Crippen molar-refractivity contribution in [3.05, 3.63) is 55.7 Å². The average molecular weight is 292 g/mol. The van der Waals surface area contributed by atoms with Crippen LogP contribution in [0.2, 0.25) is 0 Å². The van der Waals surface area contributed by atoms with Crippen LogP contribution in [0.25, 0.3) is 0 Å². The van der Waals surface area contributed by atoms with Gasteiger partial charge in [-0.15, -0.1) is 0 Å². The summed E-state index contributed by atoms with van der Waals surface area (Å²) in [7, 11) is 0. The van der Waals surface area contributed by atoms with Crippen LogP contribution in [-0.4, -0.2) is 9.97 Å². The molecular formula is C14H16N2O3S. The van der Waals surface area contributed by atoms with E-state index in [1.165, 1.54) is 0 Å². The number of hydrogen-bond donors (Lipinski definition) is 2. The van der Waals surface area contributed by atoms with Crippen molar-refractivity contribution in [2.75, 3.05) is 0 Å². The predicted octanol–water partition coefficient (Wildman–Crippen LogP) is 2.33. The molecule has 0 saturated carbocycles. The molecule has 0 radical (unpaired) electrons. The molecule has 0 aliphatic rings. The lowest BCUT2D eigenvalue weighted by atomic mass is 10.1. The van der Waals surface area contributed by atoms with E-state index in [9.17, 15) is 9.59 Å². The Bertz CT molecular complexity index is 714. The number of aryl methyl sites for hydroxylation is 2. The maximum absolute atomic E-state index is 11.7. The van der Waals surface area contributed by atoms with E-state index in [-0.39, 0.29) is 5.56 Å². The molecule has 6 heteroatoms. The van der Waals surface area contributed by atoms with Crippen LogP contribution in [-0.2, 0) is 6.42 Å². The van der Waals surface area contributed by atoms with E-state index in [0.29, 0.717) is 22.8 Å². The molecule has 2 N–H and O–H groups in total. The monoisotopic (exact) mass is 292 g/mol. The first-order valence-corrected chi connectivity index (χ1v) is 7.02. The standard InChI is InChI=1S/C14H16N2O3S/c1-4-11-12(17)15-14(18)16-13(11)20-19-10-6-8(2)5-9(3)7-10/h5-7H,4H2,1-3H3,(H2,15,16,17,18). The smallest absolute Gasteiger partial charge is 0.326 e. The molecule has 5 nitrogen and oxygen atoms in total. The first-order chi connectivity index (χ1) is 9.49. The normalized spacial score (nSPS) is 10.6. The fraction of sp³-hybridized carbons (Fsp3) is 0.286. The van der Waals surface area contributed by atoms with Gasteiger partial charge in [-0.25, -0.2) is 4.79 Å². The third-order valence-corrected chi connectivity index (χ3v) is 3.56. The van der Waals surface area contributed by atoms with Gasteiger partial charge in [-0.2, -0.15) is 0 Å². The lowest BCUT2D eigenvalue weighted by Gasteiger charge is -2.08. The zero-order valence-electron chi connectivity index (χ0n) is 11.6. The first kappa shape index (κ1) is 14.5. The fourth-order valence-electron chi connectivity index (χ4n) is 1.95. The second-order valence-electron chi connectivity index (χ2n) is 4.56. The zero-order valence-corrected chi connectivity index (χ0v) is 12.4. The van der Waals surface area contributed by atoms with Crippen LogP contribution < -0.4 is 15.4 Å². The van der Waals surface area contributed by atoms with Crippen LogP contribution in [0, 0.1) is 13.8 Å². The Kier molecular flexibility index (Phi) is 4.34. The van der Waals surface area contributed by atoms with Gasteiger partial charge in [0.2, 0.25) is 0 Å². The van der Waals surface area contributed by atoms with E-state index in [1.807, 2.05) is 39.0 Å². The third kappa shape index (κ3) is 3.33. The molecule has 20 heavy (non-hydrogen) atoms. The molecule has 0 unspecified atom stereocenters. The van der Waals surface area contributed by atoms with Gasteiger partial charge in [0, 0.05) is 0 Å². The Hall–Kier alpha value is -1.95. The molecule has 0 aliphatic heterocycles. The highest BCUT2D eigenvalue weighted by atomic mass is 32.2. The lowest BCUT2D eigenvalue weighted by molar-refractivity contribution is 0.638. The van der Waals surface area contributed by atoms with Crippen LogP contribution >= 0.6 is 12.0 Å².